The molecule has 0 aliphatic heterocycles. The van der Waals surface area contributed by atoms with Gasteiger partial charge in [-0.1, -0.05) is 22.3 Å². The van der Waals surface area contributed by atoms with Crippen LogP contribution < -0.4 is 94.0 Å². The number of hydrogen-bond acceptors (Lipinski definition) is 8. The zero-order valence-electron chi connectivity index (χ0n) is 16.4. The number of anilines is 1. The molecule has 0 radical (unpaired) electrons. The molecule has 0 aromatic heterocycles. The van der Waals surface area contributed by atoms with E-state index in [4.69, 9.17) is 5.53 Å². The number of hydrogen-bond donors (Lipinski definition) is 1. The number of nitrogens with zero attached hydrogens (tertiary/aromatic N) is 3. The van der Waals surface area contributed by atoms with E-state index >= 15 is 0 Å². The van der Waals surface area contributed by atoms with Crippen LogP contribution in [0.5, 0.6) is 0 Å². The van der Waals surface area contributed by atoms with Gasteiger partial charge in [-0.2, -0.15) is 18.2 Å². The molecule has 1 amide bonds. The van der Waals surface area contributed by atoms with Crippen molar-refractivity contribution >= 4 is 42.6 Å². The minimum atomic E-state index is -5.17. The molecule has 16 heteroatoms. The van der Waals surface area contributed by atoms with Gasteiger partial charge in [0.15, 0.2) is 0 Å². The first-order valence-electron chi connectivity index (χ1n) is 7.24. The Hall–Kier alpha value is 0.300. The van der Waals surface area contributed by atoms with E-state index < -0.39 is 35.9 Å². The second-order valence-corrected chi connectivity index (χ2v) is 8.00. The van der Waals surface area contributed by atoms with Crippen molar-refractivity contribution in [3.63, 3.8) is 0 Å². The van der Waals surface area contributed by atoms with Gasteiger partial charge in [-0.3, -0.25) is 4.79 Å². The van der Waals surface area contributed by atoms with E-state index in [1.807, 2.05) is 0 Å². The van der Waals surface area contributed by atoms with Gasteiger partial charge >= 0.3 is 88.7 Å². The summed E-state index contributed by atoms with van der Waals surface area (Å²) in [5.74, 6) is -0.557. The van der Waals surface area contributed by atoms with E-state index in [1.54, 1.807) is 0 Å². The molecule has 0 saturated heterocycles. The first-order chi connectivity index (χ1) is 12.5. The van der Waals surface area contributed by atoms with Crippen LogP contribution in [0.4, 0.5) is 5.69 Å². The van der Waals surface area contributed by atoms with Crippen LogP contribution in [0.2, 0.25) is 0 Å². The maximum Gasteiger partial charge on any atom is 1.00 e. The third-order valence-electron chi connectivity index (χ3n) is 3.40. The monoisotopic (exact) mass is 480 g/mol. The van der Waals surface area contributed by atoms with Gasteiger partial charge in [-0.15, -0.1) is 5.39 Å². The topological polar surface area (TPSA) is 192 Å². The van der Waals surface area contributed by atoms with Gasteiger partial charge in [0.25, 0.3) is 0 Å². The fourth-order valence-electron chi connectivity index (χ4n) is 2.31. The van der Waals surface area contributed by atoms with Crippen molar-refractivity contribution < 1.29 is 119 Å². The quantitative estimate of drug-likeness (QED) is 0.0773. The zero-order chi connectivity index (χ0) is 20.2. The minimum absolute atomic E-state index is 0. The van der Waals surface area contributed by atoms with Gasteiger partial charge in [-0.25, -0.2) is 16.8 Å². The van der Waals surface area contributed by atoms with Crippen molar-refractivity contribution in [2.45, 2.75) is 22.6 Å². The number of carbonyl (C=O) groups excluding carboxylic acids is 1. The molecular formula is C14H11N4Na3O7S2. The normalized spacial score (nSPS) is 10.6. The van der Waals surface area contributed by atoms with E-state index in [2.05, 4.69) is 21.4 Å². The number of benzene rings is 2. The molecule has 2 aromatic rings. The van der Waals surface area contributed by atoms with Gasteiger partial charge in [0.1, 0.15) is 20.2 Å². The zero-order valence-corrected chi connectivity index (χ0v) is 24.1. The number of rotatable bonds is 7. The fourth-order valence-corrected chi connectivity index (χ4v) is 3.66. The standard InChI is InChI=1S/C14H13N4O7S2.3Na/c15-18-16-6-2-5-13(19)17-11-4-1-3-9-7-10(26(20,21)22)8-12(14(9)11)27(23,24)25;;;/h3-4,7-8H,2,5-6H2,(H,17,19)(H,20,21,22)(H,23,24,25);;;/q-1;3*+1/p-2. The molecule has 0 atom stereocenters. The van der Waals surface area contributed by atoms with Crippen LogP contribution in [-0.4, -0.2) is 38.4 Å². The molecular weight excluding hydrogens is 469 g/mol. The number of azide groups is 1. The summed E-state index contributed by atoms with van der Waals surface area (Å²) < 4.78 is 68.4. The Morgan fingerprint density at radius 2 is 1.73 bits per heavy atom. The summed E-state index contributed by atoms with van der Waals surface area (Å²) in [6.45, 7) is 0.0799. The number of fused-ring (bicyclic) bond motifs is 1. The van der Waals surface area contributed by atoms with E-state index in [9.17, 15) is 30.7 Å². The fraction of sp³-hybridized carbons (Fsp3) is 0.214. The van der Waals surface area contributed by atoms with Crippen LogP contribution in [0, 0.1) is 6.07 Å². The van der Waals surface area contributed by atoms with E-state index in [1.165, 1.54) is 12.1 Å². The first-order valence-corrected chi connectivity index (χ1v) is 10.1. The van der Waals surface area contributed by atoms with Crippen LogP contribution in [0.25, 0.3) is 21.2 Å². The molecule has 0 fully saturated rings. The van der Waals surface area contributed by atoms with E-state index in [0.29, 0.717) is 6.07 Å². The van der Waals surface area contributed by atoms with E-state index in [0.717, 1.165) is 6.07 Å². The number of nitrogens with one attached hydrogen (secondary N) is 1. The van der Waals surface area contributed by atoms with Crippen molar-refractivity contribution in [2.75, 3.05) is 11.9 Å². The molecule has 2 aromatic carbocycles. The summed E-state index contributed by atoms with van der Waals surface area (Å²) in [5, 5.41) is 5.35. The predicted molar refractivity (Wildman–Crippen MR) is 90.6 cm³/mol. The summed E-state index contributed by atoms with van der Waals surface area (Å²) in [5.41, 5.74) is 8.08. The molecule has 11 nitrogen and oxygen atoms in total. The van der Waals surface area contributed by atoms with Crippen LogP contribution >= 0.6 is 0 Å². The largest absolute Gasteiger partial charge is 1.00 e. The van der Waals surface area contributed by atoms with Gasteiger partial charge in [0.2, 0.25) is 5.91 Å². The molecule has 144 valence electrons. The van der Waals surface area contributed by atoms with Gasteiger partial charge in [0, 0.05) is 27.7 Å². The van der Waals surface area contributed by atoms with Crippen molar-refractivity contribution in [1.29, 1.82) is 0 Å². The molecule has 0 aliphatic carbocycles. The molecule has 0 unspecified atom stereocenters. The Labute approximate surface area is 239 Å². The Bertz CT molecular complexity index is 1170. The van der Waals surface area contributed by atoms with Gasteiger partial charge < -0.3 is 14.4 Å². The molecule has 2 rings (SSSR count). The summed E-state index contributed by atoms with van der Waals surface area (Å²) in [6, 6.07) is 6.30. The summed E-state index contributed by atoms with van der Waals surface area (Å²) in [4.78, 5) is 12.7. The van der Waals surface area contributed by atoms with Crippen LogP contribution in [0.15, 0.2) is 39.2 Å². The maximum absolute atomic E-state index is 12.0. The second kappa shape index (κ2) is 13.8. The molecule has 0 spiro atoms. The number of carbonyl (C=O) groups is 1. The SMILES string of the molecule is [N-]=[N+]=NCCCC(=O)Nc1c[c-]cc2cc(S(=O)(=O)[O-])cc(S(=O)(=O)[O-])c12.[Na+].[Na+].[Na+]. The summed E-state index contributed by atoms with van der Waals surface area (Å²) >= 11 is 0. The average molecular weight is 480 g/mol. The molecule has 0 heterocycles. The molecule has 0 saturated carbocycles. The average Bonchev–Trinajstić information content (AvgIpc) is 2.56. The van der Waals surface area contributed by atoms with E-state index in [-0.39, 0.29) is 125 Å². The minimum Gasteiger partial charge on any atom is -0.744 e. The Morgan fingerprint density at radius 3 is 2.27 bits per heavy atom. The van der Waals surface area contributed by atoms with Gasteiger partial charge in [0.05, 0.1) is 0 Å². The Morgan fingerprint density at radius 1 is 1.10 bits per heavy atom. The van der Waals surface area contributed by atoms with Crippen molar-refractivity contribution in [3.8, 4) is 0 Å². The number of amides is 1. The van der Waals surface area contributed by atoms with Crippen LogP contribution in [0.1, 0.15) is 12.8 Å². The van der Waals surface area contributed by atoms with Crippen molar-refractivity contribution in [2.24, 2.45) is 5.11 Å². The van der Waals surface area contributed by atoms with Crippen molar-refractivity contribution in [3.05, 3.63) is 40.8 Å². The summed E-state index contributed by atoms with van der Waals surface area (Å²) in [6.07, 6.45) is 0.178. The maximum atomic E-state index is 12.0. The van der Waals surface area contributed by atoms with Crippen molar-refractivity contribution in [1.82, 2.24) is 0 Å². The van der Waals surface area contributed by atoms with Crippen LogP contribution in [-0.2, 0) is 25.0 Å². The van der Waals surface area contributed by atoms with Crippen LogP contribution in [0.3, 0.4) is 0 Å². The molecule has 30 heavy (non-hydrogen) atoms. The Balaban J connectivity index is 0. The molecule has 0 bridgehead atoms. The third kappa shape index (κ3) is 9.04. The third-order valence-corrected chi connectivity index (χ3v) is 5.07. The molecule has 0 aliphatic rings. The smallest absolute Gasteiger partial charge is 0.744 e. The van der Waals surface area contributed by atoms with Gasteiger partial charge in [-0.05, 0) is 18.0 Å². The molecule has 1 N–H and O–H groups in total. The second-order valence-electron chi connectivity index (χ2n) is 5.27. The first kappa shape index (κ1) is 32.5. The Kier molecular flexibility index (Phi) is 14.9. The summed E-state index contributed by atoms with van der Waals surface area (Å²) in [7, 11) is -10.2. The predicted octanol–water partition coefficient (Wildman–Crippen LogP) is -7.51.